The maximum atomic E-state index is 13.9. The molecule has 0 bridgehead atoms. The predicted molar refractivity (Wildman–Crippen MR) is 95.9 cm³/mol. The summed E-state index contributed by atoms with van der Waals surface area (Å²) >= 11 is 0. The van der Waals surface area contributed by atoms with Gasteiger partial charge >= 0.3 is 0 Å². The Bertz CT molecular complexity index is 994. The molecule has 4 rings (SSSR count). The monoisotopic (exact) mass is 351 g/mol. The Labute approximate surface area is 150 Å². The number of amides is 1. The average molecular weight is 351 g/mol. The van der Waals surface area contributed by atoms with Crippen molar-refractivity contribution >= 4 is 16.9 Å². The van der Waals surface area contributed by atoms with Crippen molar-refractivity contribution in [3.05, 3.63) is 64.7 Å². The van der Waals surface area contributed by atoms with Crippen LogP contribution in [0, 0.1) is 19.7 Å². The van der Waals surface area contributed by atoms with E-state index in [4.69, 9.17) is 4.74 Å². The Hall–Kier alpha value is -3.02. The van der Waals surface area contributed by atoms with E-state index in [2.05, 4.69) is 15.3 Å². The van der Waals surface area contributed by atoms with Gasteiger partial charge < -0.3 is 10.1 Å². The molecule has 1 N–H and O–H groups in total. The molecule has 1 unspecified atom stereocenters. The quantitative estimate of drug-likeness (QED) is 0.787. The number of para-hydroxylation sites is 1. The van der Waals surface area contributed by atoms with Gasteiger partial charge in [-0.3, -0.25) is 4.79 Å². The van der Waals surface area contributed by atoms with E-state index < -0.39 is 5.82 Å². The molecule has 0 saturated carbocycles. The Morgan fingerprint density at radius 1 is 1.23 bits per heavy atom. The number of rotatable bonds is 3. The van der Waals surface area contributed by atoms with Crippen LogP contribution in [0.25, 0.3) is 11.0 Å². The van der Waals surface area contributed by atoms with E-state index in [1.807, 2.05) is 38.1 Å². The molecule has 1 aliphatic heterocycles. The summed E-state index contributed by atoms with van der Waals surface area (Å²) in [6, 6.07) is 10.3. The van der Waals surface area contributed by atoms with Gasteiger partial charge in [0.1, 0.15) is 23.2 Å². The number of hydrogen-bond acceptors (Lipinski definition) is 4. The molecule has 0 saturated heterocycles. The van der Waals surface area contributed by atoms with Gasteiger partial charge in [0.2, 0.25) is 0 Å². The van der Waals surface area contributed by atoms with Gasteiger partial charge in [-0.25, -0.2) is 14.4 Å². The molecule has 26 heavy (non-hydrogen) atoms. The summed E-state index contributed by atoms with van der Waals surface area (Å²) in [6.07, 6.45) is 0.601. The van der Waals surface area contributed by atoms with Crippen LogP contribution >= 0.6 is 0 Å². The molecule has 0 radical (unpaired) electrons. The lowest BCUT2D eigenvalue weighted by molar-refractivity contribution is 0.0934. The van der Waals surface area contributed by atoms with Crippen LogP contribution < -0.4 is 10.1 Å². The first kappa shape index (κ1) is 16.4. The van der Waals surface area contributed by atoms with Gasteiger partial charge in [0.05, 0.1) is 29.0 Å². The van der Waals surface area contributed by atoms with E-state index in [1.54, 1.807) is 0 Å². The number of ether oxygens (including phenoxy) is 1. The van der Waals surface area contributed by atoms with E-state index in [0.717, 1.165) is 17.7 Å². The Kier molecular flexibility index (Phi) is 4.03. The van der Waals surface area contributed by atoms with Crippen LogP contribution in [0.4, 0.5) is 4.39 Å². The zero-order chi connectivity index (χ0) is 18.3. The summed E-state index contributed by atoms with van der Waals surface area (Å²) in [7, 11) is 0. The molecule has 6 heteroatoms. The van der Waals surface area contributed by atoms with Gasteiger partial charge in [-0.2, -0.15) is 0 Å². The lowest BCUT2D eigenvalue weighted by Crippen LogP contribution is -2.34. The molecule has 0 aliphatic carbocycles. The van der Waals surface area contributed by atoms with Crippen molar-refractivity contribution in [2.24, 2.45) is 0 Å². The lowest BCUT2D eigenvalue weighted by Gasteiger charge is -2.13. The zero-order valence-corrected chi connectivity index (χ0v) is 14.5. The second-order valence-electron chi connectivity index (χ2n) is 6.48. The molecule has 5 nitrogen and oxygen atoms in total. The van der Waals surface area contributed by atoms with E-state index in [1.165, 1.54) is 12.1 Å². The number of aromatic nitrogens is 2. The Balaban J connectivity index is 1.54. The molecule has 1 atom stereocenters. The first-order valence-corrected chi connectivity index (χ1v) is 8.48. The molecule has 1 aromatic heterocycles. The predicted octanol–water partition coefficient (Wildman–Crippen LogP) is 3.12. The van der Waals surface area contributed by atoms with Crippen molar-refractivity contribution in [2.45, 2.75) is 26.4 Å². The summed E-state index contributed by atoms with van der Waals surface area (Å²) in [5, 5.41) is 2.83. The van der Waals surface area contributed by atoms with Crippen molar-refractivity contribution in [3.63, 3.8) is 0 Å². The summed E-state index contributed by atoms with van der Waals surface area (Å²) in [6.45, 7) is 3.96. The van der Waals surface area contributed by atoms with Gasteiger partial charge in [0, 0.05) is 12.5 Å². The van der Waals surface area contributed by atoms with Crippen LogP contribution in [0.5, 0.6) is 5.75 Å². The topological polar surface area (TPSA) is 64.1 Å². The fraction of sp³-hybridized carbons (Fsp3) is 0.250. The summed E-state index contributed by atoms with van der Waals surface area (Å²) in [4.78, 5) is 21.4. The second-order valence-corrected chi connectivity index (χ2v) is 6.48. The molecule has 2 heterocycles. The number of benzene rings is 2. The number of carbonyl (C=O) groups excluding carboxylic acids is 1. The highest BCUT2D eigenvalue weighted by Crippen LogP contribution is 2.28. The number of hydrogen-bond donors (Lipinski definition) is 1. The van der Waals surface area contributed by atoms with Gasteiger partial charge in [-0.1, -0.05) is 18.2 Å². The number of aryl methyl sites for hydroxylation is 2. The fourth-order valence-corrected chi connectivity index (χ4v) is 3.14. The first-order chi connectivity index (χ1) is 12.5. The number of fused-ring (bicyclic) bond motifs is 2. The third kappa shape index (κ3) is 2.98. The minimum Gasteiger partial charge on any atom is -0.488 e. The molecule has 0 spiro atoms. The van der Waals surface area contributed by atoms with Crippen molar-refractivity contribution in [3.8, 4) is 5.75 Å². The minimum absolute atomic E-state index is 0.133. The van der Waals surface area contributed by atoms with Crippen LogP contribution in [0.1, 0.15) is 27.3 Å². The SMILES string of the molecule is Cc1nc2cc(F)cc(C(=O)NCC3Cc4ccccc4O3)c2nc1C. The third-order valence-electron chi connectivity index (χ3n) is 4.59. The second kappa shape index (κ2) is 6.37. The van der Waals surface area contributed by atoms with E-state index in [0.29, 0.717) is 29.0 Å². The molecule has 0 fully saturated rings. The van der Waals surface area contributed by atoms with E-state index >= 15 is 0 Å². The smallest absolute Gasteiger partial charge is 0.253 e. The standard InChI is InChI=1S/C20H18FN3O2/c1-11-12(2)24-19-16(8-14(21)9-17(19)23-11)20(25)22-10-15-7-13-5-3-4-6-18(13)26-15/h3-6,8-9,15H,7,10H2,1-2H3,(H,22,25). The fourth-order valence-electron chi connectivity index (χ4n) is 3.14. The molecule has 2 aromatic carbocycles. The van der Waals surface area contributed by atoms with Crippen molar-refractivity contribution in [1.29, 1.82) is 0 Å². The van der Waals surface area contributed by atoms with Crippen LogP contribution in [0.3, 0.4) is 0 Å². The van der Waals surface area contributed by atoms with Crippen LogP contribution in [0.2, 0.25) is 0 Å². The Morgan fingerprint density at radius 2 is 2.00 bits per heavy atom. The highest BCUT2D eigenvalue weighted by Gasteiger charge is 2.23. The highest BCUT2D eigenvalue weighted by atomic mass is 19.1. The van der Waals surface area contributed by atoms with E-state index in [9.17, 15) is 9.18 Å². The molecular weight excluding hydrogens is 333 g/mol. The molecule has 1 aliphatic rings. The van der Waals surface area contributed by atoms with Crippen molar-refractivity contribution < 1.29 is 13.9 Å². The van der Waals surface area contributed by atoms with Crippen LogP contribution in [-0.4, -0.2) is 28.5 Å². The number of nitrogens with one attached hydrogen (secondary N) is 1. The van der Waals surface area contributed by atoms with Crippen molar-refractivity contribution in [1.82, 2.24) is 15.3 Å². The molecular formula is C20H18FN3O2. The first-order valence-electron chi connectivity index (χ1n) is 8.48. The normalized spacial score (nSPS) is 15.6. The summed E-state index contributed by atoms with van der Waals surface area (Å²) < 4.78 is 19.8. The maximum absolute atomic E-state index is 13.9. The largest absolute Gasteiger partial charge is 0.488 e. The number of nitrogens with zero attached hydrogens (tertiary/aromatic N) is 2. The summed E-state index contributed by atoms with van der Waals surface area (Å²) in [5.41, 5.74) is 3.52. The minimum atomic E-state index is -0.510. The van der Waals surface area contributed by atoms with Gasteiger partial charge in [0.25, 0.3) is 5.91 Å². The molecule has 1 amide bonds. The molecule has 132 valence electrons. The van der Waals surface area contributed by atoms with Gasteiger partial charge in [0.15, 0.2) is 0 Å². The van der Waals surface area contributed by atoms with E-state index in [-0.39, 0.29) is 17.6 Å². The van der Waals surface area contributed by atoms with Gasteiger partial charge in [-0.05, 0) is 31.5 Å². The number of halogens is 1. The molecule has 3 aromatic rings. The lowest BCUT2D eigenvalue weighted by atomic mass is 10.1. The van der Waals surface area contributed by atoms with Gasteiger partial charge in [-0.15, -0.1) is 0 Å². The summed E-state index contributed by atoms with van der Waals surface area (Å²) in [5.74, 6) is -0.0451. The van der Waals surface area contributed by atoms with Crippen molar-refractivity contribution in [2.75, 3.05) is 6.54 Å². The number of carbonyl (C=O) groups is 1. The Morgan fingerprint density at radius 3 is 2.81 bits per heavy atom. The zero-order valence-electron chi connectivity index (χ0n) is 14.5. The average Bonchev–Trinajstić information content (AvgIpc) is 3.03. The maximum Gasteiger partial charge on any atom is 0.253 e. The van der Waals surface area contributed by atoms with Crippen LogP contribution in [0.15, 0.2) is 36.4 Å². The van der Waals surface area contributed by atoms with Crippen LogP contribution in [-0.2, 0) is 6.42 Å². The third-order valence-corrected chi connectivity index (χ3v) is 4.59. The highest BCUT2D eigenvalue weighted by molar-refractivity contribution is 6.04.